The van der Waals surface area contributed by atoms with E-state index < -0.39 is 5.54 Å². The number of aromatic nitrogens is 2. The SMILES string of the molecule is COC(C)c1noc(C2(N)CCOC2)n1. The fraction of sp³-hybridized carbons (Fsp3) is 0.778. The number of ether oxygens (including phenoxy) is 2. The van der Waals surface area contributed by atoms with Crippen molar-refractivity contribution in [2.75, 3.05) is 20.3 Å². The maximum atomic E-state index is 6.07. The van der Waals surface area contributed by atoms with Crippen molar-refractivity contribution in [1.82, 2.24) is 10.1 Å². The molecule has 0 amide bonds. The zero-order valence-corrected chi connectivity index (χ0v) is 8.90. The number of hydrogen-bond acceptors (Lipinski definition) is 6. The highest BCUT2D eigenvalue weighted by Crippen LogP contribution is 2.27. The summed E-state index contributed by atoms with van der Waals surface area (Å²) in [6.45, 7) is 2.91. The third kappa shape index (κ3) is 1.88. The van der Waals surface area contributed by atoms with Crippen molar-refractivity contribution < 1.29 is 14.0 Å². The zero-order chi connectivity index (χ0) is 10.9. The third-order valence-corrected chi connectivity index (χ3v) is 2.64. The first-order valence-electron chi connectivity index (χ1n) is 4.89. The normalized spacial score (nSPS) is 28.2. The van der Waals surface area contributed by atoms with Gasteiger partial charge < -0.3 is 19.7 Å². The second-order valence-electron chi connectivity index (χ2n) is 3.79. The molecule has 0 aromatic carbocycles. The molecule has 1 aliphatic heterocycles. The van der Waals surface area contributed by atoms with Crippen LogP contribution in [0.2, 0.25) is 0 Å². The van der Waals surface area contributed by atoms with Gasteiger partial charge in [-0.3, -0.25) is 0 Å². The fourth-order valence-electron chi connectivity index (χ4n) is 1.46. The Morgan fingerprint density at radius 2 is 2.40 bits per heavy atom. The number of nitrogens with zero attached hydrogens (tertiary/aromatic N) is 2. The smallest absolute Gasteiger partial charge is 0.249 e. The van der Waals surface area contributed by atoms with E-state index in [4.69, 9.17) is 19.7 Å². The van der Waals surface area contributed by atoms with E-state index in [0.29, 0.717) is 31.3 Å². The van der Waals surface area contributed by atoms with Gasteiger partial charge in [-0.25, -0.2) is 0 Å². The van der Waals surface area contributed by atoms with Crippen molar-refractivity contribution in [3.8, 4) is 0 Å². The molecule has 2 rings (SSSR count). The highest BCUT2D eigenvalue weighted by Gasteiger charge is 2.38. The lowest BCUT2D eigenvalue weighted by atomic mass is 10.0. The Hall–Kier alpha value is -0.980. The largest absolute Gasteiger partial charge is 0.379 e. The molecular formula is C9H15N3O3. The number of nitrogens with two attached hydrogens (primary N) is 1. The summed E-state index contributed by atoms with van der Waals surface area (Å²) >= 11 is 0. The molecule has 1 saturated heterocycles. The van der Waals surface area contributed by atoms with E-state index in [9.17, 15) is 0 Å². The zero-order valence-electron chi connectivity index (χ0n) is 8.90. The van der Waals surface area contributed by atoms with Gasteiger partial charge in [0.25, 0.3) is 0 Å². The van der Waals surface area contributed by atoms with Gasteiger partial charge in [-0.15, -0.1) is 0 Å². The molecule has 2 unspecified atom stereocenters. The van der Waals surface area contributed by atoms with Gasteiger partial charge in [0.15, 0.2) is 5.82 Å². The summed E-state index contributed by atoms with van der Waals surface area (Å²) in [6.07, 6.45) is 0.518. The maximum absolute atomic E-state index is 6.07. The average Bonchev–Trinajstić information content (AvgIpc) is 2.85. The Bertz CT molecular complexity index is 333. The fourth-order valence-corrected chi connectivity index (χ4v) is 1.46. The first kappa shape index (κ1) is 10.5. The quantitative estimate of drug-likeness (QED) is 0.780. The lowest BCUT2D eigenvalue weighted by Crippen LogP contribution is -2.37. The molecule has 15 heavy (non-hydrogen) atoms. The Morgan fingerprint density at radius 1 is 1.60 bits per heavy atom. The van der Waals surface area contributed by atoms with Crippen LogP contribution in [0, 0.1) is 0 Å². The van der Waals surface area contributed by atoms with Crippen LogP contribution in [-0.2, 0) is 15.0 Å². The summed E-state index contributed by atoms with van der Waals surface area (Å²) < 4.78 is 15.4. The third-order valence-electron chi connectivity index (χ3n) is 2.64. The van der Waals surface area contributed by atoms with Crippen LogP contribution in [-0.4, -0.2) is 30.5 Å². The van der Waals surface area contributed by atoms with E-state index in [1.165, 1.54) is 0 Å². The molecule has 1 aromatic rings. The van der Waals surface area contributed by atoms with Gasteiger partial charge in [-0.2, -0.15) is 4.98 Å². The molecule has 6 heteroatoms. The van der Waals surface area contributed by atoms with Crippen molar-refractivity contribution in [2.45, 2.75) is 25.0 Å². The molecule has 0 saturated carbocycles. The van der Waals surface area contributed by atoms with Crippen molar-refractivity contribution in [2.24, 2.45) is 5.73 Å². The van der Waals surface area contributed by atoms with Crippen molar-refractivity contribution >= 4 is 0 Å². The van der Waals surface area contributed by atoms with Gasteiger partial charge in [0.2, 0.25) is 5.89 Å². The number of rotatable bonds is 3. The van der Waals surface area contributed by atoms with E-state index in [-0.39, 0.29) is 6.10 Å². The van der Waals surface area contributed by atoms with Crippen LogP contribution in [0.4, 0.5) is 0 Å². The van der Waals surface area contributed by atoms with E-state index in [1.807, 2.05) is 6.92 Å². The Balaban J connectivity index is 2.19. The number of methoxy groups -OCH3 is 1. The highest BCUT2D eigenvalue weighted by atomic mass is 16.5. The van der Waals surface area contributed by atoms with E-state index in [1.54, 1.807) is 7.11 Å². The van der Waals surface area contributed by atoms with Crippen LogP contribution < -0.4 is 5.73 Å². The van der Waals surface area contributed by atoms with E-state index in [2.05, 4.69) is 10.1 Å². The van der Waals surface area contributed by atoms with Gasteiger partial charge >= 0.3 is 0 Å². The van der Waals surface area contributed by atoms with Crippen LogP contribution in [0.1, 0.15) is 31.2 Å². The van der Waals surface area contributed by atoms with E-state index >= 15 is 0 Å². The van der Waals surface area contributed by atoms with Crippen LogP contribution in [0.25, 0.3) is 0 Å². The second kappa shape index (κ2) is 3.88. The monoisotopic (exact) mass is 213 g/mol. The standard InChI is InChI=1S/C9H15N3O3/c1-6(13-2)7-11-8(15-12-7)9(10)3-4-14-5-9/h6H,3-5,10H2,1-2H3. The molecule has 84 valence electrons. The summed E-state index contributed by atoms with van der Waals surface area (Å²) in [5, 5.41) is 3.83. The summed E-state index contributed by atoms with van der Waals surface area (Å²) in [5.41, 5.74) is 5.45. The highest BCUT2D eigenvalue weighted by molar-refractivity contribution is 5.05. The molecule has 2 atom stereocenters. The molecule has 2 N–H and O–H groups in total. The lowest BCUT2D eigenvalue weighted by molar-refractivity contribution is 0.109. The average molecular weight is 213 g/mol. The summed E-state index contributed by atoms with van der Waals surface area (Å²) in [6, 6.07) is 0. The predicted molar refractivity (Wildman–Crippen MR) is 51.0 cm³/mol. The lowest BCUT2D eigenvalue weighted by Gasteiger charge is -2.15. The van der Waals surface area contributed by atoms with Crippen molar-refractivity contribution in [3.63, 3.8) is 0 Å². The van der Waals surface area contributed by atoms with Gasteiger partial charge in [-0.05, 0) is 13.3 Å². The Morgan fingerprint density at radius 3 is 3.00 bits per heavy atom. The second-order valence-corrected chi connectivity index (χ2v) is 3.79. The molecule has 1 aliphatic rings. The number of hydrogen-bond donors (Lipinski definition) is 1. The minimum absolute atomic E-state index is 0.187. The van der Waals surface area contributed by atoms with Crippen molar-refractivity contribution in [1.29, 1.82) is 0 Å². The van der Waals surface area contributed by atoms with Gasteiger partial charge in [0.05, 0.1) is 6.61 Å². The summed E-state index contributed by atoms with van der Waals surface area (Å²) in [5.74, 6) is 0.947. The first-order valence-corrected chi connectivity index (χ1v) is 4.89. The molecule has 0 aliphatic carbocycles. The van der Waals surface area contributed by atoms with Crippen LogP contribution in [0.3, 0.4) is 0 Å². The van der Waals surface area contributed by atoms with E-state index in [0.717, 1.165) is 0 Å². The minimum atomic E-state index is -0.626. The topological polar surface area (TPSA) is 83.4 Å². The van der Waals surface area contributed by atoms with Crippen LogP contribution in [0.5, 0.6) is 0 Å². The molecular weight excluding hydrogens is 198 g/mol. The molecule has 0 spiro atoms. The maximum Gasteiger partial charge on any atom is 0.249 e. The molecule has 1 aromatic heterocycles. The first-order chi connectivity index (χ1) is 7.15. The molecule has 0 radical (unpaired) electrons. The molecule has 1 fully saturated rings. The summed E-state index contributed by atoms with van der Waals surface area (Å²) in [7, 11) is 1.59. The van der Waals surface area contributed by atoms with Crippen LogP contribution in [0.15, 0.2) is 4.52 Å². The Kier molecular flexibility index (Phi) is 2.72. The Labute approximate surface area is 87.7 Å². The summed E-state index contributed by atoms with van der Waals surface area (Å²) in [4.78, 5) is 4.23. The van der Waals surface area contributed by atoms with Crippen LogP contribution >= 0.6 is 0 Å². The molecule has 6 nitrogen and oxygen atoms in total. The van der Waals surface area contributed by atoms with Gasteiger partial charge in [-0.1, -0.05) is 5.16 Å². The van der Waals surface area contributed by atoms with Gasteiger partial charge in [0, 0.05) is 13.7 Å². The predicted octanol–water partition coefficient (Wildman–Crippen LogP) is 0.351. The molecule has 2 heterocycles. The van der Waals surface area contributed by atoms with Crippen molar-refractivity contribution in [3.05, 3.63) is 11.7 Å². The minimum Gasteiger partial charge on any atom is -0.379 e. The molecule has 0 bridgehead atoms. The van der Waals surface area contributed by atoms with Gasteiger partial charge in [0.1, 0.15) is 11.6 Å².